The smallest absolute Gasteiger partial charge is 0.196 e. The molecule has 0 heterocycles. The number of carbonyl (C=O) groups excluding carboxylic acids is 1. The summed E-state index contributed by atoms with van der Waals surface area (Å²) in [6.45, 7) is 1.66. The zero-order valence-electron chi connectivity index (χ0n) is 9.51. The molecular weight excluding hydrogens is 258 g/mol. The zero-order valence-corrected chi connectivity index (χ0v) is 10.3. The molecule has 0 bridgehead atoms. The van der Waals surface area contributed by atoms with E-state index in [1.165, 1.54) is 24.3 Å². The van der Waals surface area contributed by atoms with Gasteiger partial charge in [-0.3, -0.25) is 4.79 Å². The van der Waals surface area contributed by atoms with Crippen molar-refractivity contribution in [3.63, 3.8) is 0 Å². The first-order valence-electron chi connectivity index (χ1n) is 5.24. The van der Waals surface area contributed by atoms with E-state index >= 15 is 0 Å². The van der Waals surface area contributed by atoms with E-state index in [9.17, 15) is 13.6 Å². The van der Waals surface area contributed by atoms with Gasteiger partial charge in [-0.1, -0.05) is 11.6 Å². The van der Waals surface area contributed by atoms with E-state index in [4.69, 9.17) is 11.6 Å². The molecule has 0 aliphatic heterocycles. The maximum atomic E-state index is 13.6. The summed E-state index contributed by atoms with van der Waals surface area (Å²) in [5, 5.41) is 0.208. The predicted octanol–water partition coefficient (Wildman–Crippen LogP) is 4.16. The molecule has 0 amide bonds. The van der Waals surface area contributed by atoms with Crippen LogP contribution >= 0.6 is 11.6 Å². The van der Waals surface area contributed by atoms with E-state index in [0.29, 0.717) is 5.56 Å². The van der Waals surface area contributed by atoms with Gasteiger partial charge in [0.25, 0.3) is 0 Å². The third kappa shape index (κ3) is 2.57. The van der Waals surface area contributed by atoms with Gasteiger partial charge < -0.3 is 0 Å². The van der Waals surface area contributed by atoms with Crippen LogP contribution in [0.15, 0.2) is 36.4 Å². The van der Waals surface area contributed by atoms with E-state index in [0.717, 1.165) is 12.1 Å². The molecule has 0 saturated heterocycles. The number of hydrogen-bond donors (Lipinski definition) is 0. The molecule has 0 fully saturated rings. The zero-order chi connectivity index (χ0) is 13.3. The number of aryl methyl sites for hydroxylation is 1. The van der Waals surface area contributed by atoms with Gasteiger partial charge in [0.15, 0.2) is 5.78 Å². The normalized spacial score (nSPS) is 10.4. The Kier molecular flexibility index (Phi) is 3.43. The lowest BCUT2D eigenvalue weighted by molar-refractivity contribution is 0.103. The fourth-order valence-corrected chi connectivity index (χ4v) is 1.86. The Morgan fingerprint density at radius 3 is 2.44 bits per heavy atom. The Balaban J connectivity index is 2.47. The minimum atomic E-state index is -0.714. The summed E-state index contributed by atoms with van der Waals surface area (Å²) < 4.78 is 26.8. The first-order chi connectivity index (χ1) is 8.47. The third-order valence-electron chi connectivity index (χ3n) is 2.48. The van der Waals surface area contributed by atoms with Crippen LogP contribution in [0.3, 0.4) is 0 Å². The van der Waals surface area contributed by atoms with Crippen molar-refractivity contribution < 1.29 is 13.6 Å². The second-order valence-electron chi connectivity index (χ2n) is 3.97. The Morgan fingerprint density at radius 2 is 1.83 bits per heavy atom. The first-order valence-corrected chi connectivity index (χ1v) is 5.62. The summed E-state index contributed by atoms with van der Waals surface area (Å²) in [6, 6.07) is 7.67. The molecule has 0 aromatic heterocycles. The average Bonchev–Trinajstić information content (AvgIpc) is 2.26. The average molecular weight is 267 g/mol. The molecule has 18 heavy (non-hydrogen) atoms. The highest BCUT2D eigenvalue weighted by molar-refractivity contribution is 6.30. The van der Waals surface area contributed by atoms with Crippen LogP contribution in [-0.4, -0.2) is 5.78 Å². The molecule has 0 atom stereocenters. The fourth-order valence-electron chi connectivity index (χ4n) is 1.70. The van der Waals surface area contributed by atoms with Crippen molar-refractivity contribution in [3.8, 4) is 0 Å². The highest BCUT2D eigenvalue weighted by Crippen LogP contribution is 2.19. The molecule has 0 saturated carbocycles. The Hall–Kier alpha value is -1.74. The van der Waals surface area contributed by atoms with Gasteiger partial charge in [-0.25, -0.2) is 8.78 Å². The van der Waals surface area contributed by atoms with Crippen molar-refractivity contribution in [1.82, 2.24) is 0 Å². The topological polar surface area (TPSA) is 17.1 Å². The summed E-state index contributed by atoms with van der Waals surface area (Å²) in [7, 11) is 0. The van der Waals surface area contributed by atoms with E-state index < -0.39 is 17.4 Å². The monoisotopic (exact) mass is 266 g/mol. The van der Waals surface area contributed by atoms with Gasteiger partial charge in [0.2, 0.25) is 0 Å². The molecule has 2 aromatic carbocycles. The molecule has 2 rings (SSSR count). The van der Waals surface area contributed by atoms with Crippen molar-refractivity contribution in [2.24, 2.45) is 0 Å². The SMILES string of the molecule is Cc1cc(F)cc(C(=O)c2ccc(Cl)cc2F)c1. The maximum absolute atomic E-state index is 13.6. The summed E-state index contributed by atoms with van der Waals surface area (Å²) in [6.07, 6.45) is 0. The molecule has 0 aliphatic rings. The molecule has 0 spiro atoms. The molecule has 2 aromatic rings. The molecule has 0 unspecified atom stereocenters. The highest BCUT2D eigenvalue weighted by Gasteiger charge is 2.15. The van der Waals surface area contributed by atoms with Crippen molar-refractivity contribution in [3.05, 3.63) is 69.7 Å². The number of carbonyl (C=O) groups is 1. The Labute approximate surface area is 108 Å². The molecule has 92 valence electrons. The summed E-state index contributed by atoms with van der Waals surface area (Å²) in [5.74, 6) is -1.80. The van der Waals surface area contributed by atoms with Crippen LogP contribution in [0.4, 0.5) is 8.78 Å². The van der Waals surface area contributed by atoms with Crippen molar-refractivity contribution in [2.75, 3.05) is 0 Å². The van der Waals surface area contributed by atoms with Gasteiger partial charge >= 0.3 is 0 Å². The van der Waals surface area contributed by atoms with Gasteiger partial charge in [-0.15, -0.1) is 0 Å². The van der Waals surface area contributed by atoms with E-state index in [1.807, 2.05) is 0 Å². The fraction of sp³-hybridized carbons (Fsp3) is 0.0714. The van der Waals surface area contributed by atoms with Gasteiger partial charge in [0.05, 0.1) is 5.56 Å². The minimum Gasteiger partial charge on any atom is -0.288 e. The summed E-state index contributed by atoms with van der Waals surface area (Å²) in [5.41, 5.74) is 0.603. The van der Waals surface area contributed by atoms with Gasteiger partial charge in [-0.05, 0) is 48.9 Å². The predicted molar refractivity (Wildman–Crippen MR) is 66.0 cm³/mol. The van der Waals surface area contributed by atoms with Gasteiger partial charge in [-0.2, -0.15) is 0 Å². The first kappa shape index (κ1) is 12.7. The lowest BCUT2D eigenvalue weighted by Gasteiger charge is -2.04. The standard InChI is InChI=1S/C14H9ClF2O/c1-8-4-9(6-11(16)5-8)14(18)12-3-2-10(15)7-13(12)17/h2-7H,1H3. The molecule has 0 radical (unpaired) electrons. The van der Waals surface area contributed by atoms with Gasteiger partial charge in [0.1, 0.15) is 11.6 Å². The number of hydrogen-bond acceptors (Lipinski definition) is 1. The second-order valence-corrected chi connectivity index (χ2v) is 4.41. The quantitative estimate of drug-likeness (QED) is 0.746. The van der Waals surface area contributed by atoms with Crippen LogP contribution < -0.4 is 0 Å². The molecule has 0 aliphatic carbocycles. The summed E-state index contributed by atoms with van der Waals surface area (Å²) >= 11 is 5.61. The van der Waals surface area contributed by atoms with Crippen LogP contribution in [0.1, 0.15) is 21.5 Å². The highest BCUT2D eigenvalue weighted by atomic mass is 35.5. The number of halogens is 3. The molecular formula is C14H9ClF2O. The van der Waals surface area contributed by atoms with Crippen molar-refractivity contribution in [2.45, 2.75) is 6.92 Å². The third-order valence-corrected chi connectivity index (χ3v) is 2.72. The Bertz CT molecular complexity index is 603. The maximum Gasteiger partial charge on any atom is 0.196 e. The number of ketones is 1. The van der Waals surface area contributed by atoms with Crippen LogP contribution in [0.25, 0.3) is 0 Å². The van der Waals surface area contributed by atoms with Crippen LogP contribution in [-0.2, 0) is 0 Å². The van der Waals surface area contributed by atoms with Gasteiger partial charge in [0, 0.05) is 10.6 Å². The number of rotatable bonds is 2. The van der Waals surface area contributed by atoms with E-state index in [1.54, 1.807) is 6.92 Å². The minimum absolute atomic E-state index is 0.119. The number of benzene rings is 2. The molecule has 4 heteroatoms. The van der Waals surface area contributed by atoms with Crippen molar-refractivity contribution in [1.29, 1.82) is 0 Å². The van der Waals surface area contributed by atoms with E-state index in [-0.39, 0.29) is 16.1 Å². The van der Waals surface area contributed by atoms with Crippen molar-refractivity contribution >= 4 is 17.4 Å². The molecule has 1 nitrogen and oxygen atoms in total. The Morgan fingerprint density at radius 1 is 1.11 bits per heavy atom. The lowest BCUT2D eigenvalue weighted by atomic mass is 10.0. The van der Waals surface area contributed by atoms with Crippen LogP contribution in [0, 0.1) is 18.6 Å². The van der Waals surface area contributed by atoms with E-state index in [2.05, 4.69) is 0 Å². The molecule has 0 N–H and O–H groups in total. The van der Waals surface area contributed by atoms with Crippen LogP contribution in [0.2, 0.25) is 5.02 Å². The largest absolute Gasteiger partial charge is 0.288 e. The summed E-state index contributed by atoms with van der Waals surface area (Å²) in [4.78, 5) is 12.0. The lowest BCUT2D eigenvalue weighted by Crippen LogP contribution is -2.05. The second kappa shape index (κ2) is 4.86. The van der Waals surface area contributed by atoms with Crippen LogP contribution in [0.5, 0.6) is 0 Å².